The Hall–Kier alpha value is -2.45. The molecule has 0 radical (unpaired) electrons. The summed E-state index contributed by atoms with van der Waals surface area (Å²) in [5, 5.41) is 8.50. The predicted octanol–water partition coefficient (Wildman–Crippen LogP) is 3.14. The van der Waals surface area contributed by atoms with Crippen LogP contribution in [0.5, 0.6) is 5.75 Å². The van der Waals surface area contributed by atoms with E-state index in [2.05, 4.69) is 21.7 Å². The smallest absolute Gasteiger partial charge is 0.271 e. The molecule has 0 aliphatic heterocycles. The maximum absolute atomic E-state index is 12.7. The lowest BCUT2D eigenvalue weighted by Gasteiger charge is -2.32. The van der Waals surface area contributed by atoms with Crippen molar-refractivity contribution in [3.8, 4) is 5.75 Å². The van der Waals surface area contributed by atoms with Crippen molar-refractivity contribution in [2.75, 3.05) is 13.7 Å². The van der Waals surface area contributed by atoms with Crippen LogP contribution in [0.1, 0.15) is 52.3 Å². The van der Waals surface area contributed by atoms with Crippen LogP contribution in [0.2, 0.25) is 0 Å². The zero-order valence-corrected chi connectivity index (χ0v) is 18.5. The number of ether oxygens (including phenoxy) is 2. The van der Waals surface area contributed by atoms with E-state index in [0.29, 0.717) is 12.3 Å². The van der Waals surface area contributed by atoms with Crippen molar-refractivity contribution in [3.05, 3.63) is 45.4 Å². The van der Waals surface area contributed by atoms with Gasteiger partial charge < -0.3 is 20.1 Å². The van der Waals surface area contributed by atoms with Gasteiger partial charge in [-0.05, 0) is 49.9 Å². The highest BCUT2D eigenvalue weighted by Gasteiger charge is 2.28. The van der Waals surface area contributed by atoms with Crippen molar-refractivity contribution >= 4 is 23.2 Å². The van der Waals surface area contributed by atoms with E-state index in [1.165, 1.54) is 18.4 Å². The van der Waals surface area contributed by atoms with Crippen LogP contribution in [0.25, 0.3) is 0 Å². The van der Waals surface area contributed by atoms with Gasteiger partial charge in [-0.2, -0.15) is 0 Å². The van der Waals surface area contributed by atoms with Crippen LogP contribution in [-0.4, -0.2) is 42.6 Å². The highest BCUT2D eigenvalue weighted by atomic mass is 32.1. The minimum Gasteiger partial charge on any atom is -0.486 e. The summed E-state index contributed by atoms with van der Waals surface area (Å²) in [6.45, 7) is 4.40. The number of aromatic nitrogens is 1. The van der Waals surface area contributed by atoms with E-state index >= 15 is 0 Å². The number of benzene rings is 1. The van der Waals surface area contributed by atoms with Gasteiger partial charge in [-0.25, -0.2) is 4.98 Å². The molecule has 30 heavy (non-hydrogen) atoms. The Bertz CT molecular complexity index is 863. The summed E-state index contributed by atoms with van der Waals surface area (Å²) in [7, 11) is 1.49. The number of aryl methyl sites for hydroxylation is 2. The largest absolute Gasteiger partial charge is 0.486 e. The van der Waals surface area contributed by atoms with Crippen LogP contribution in [-0.2, 0) is 16.1 Å². The first-order valence-corrected chi connectivity index (χ1v) is 11.1. The molecule has 8 heteroatoms. The monoisotopic (exact) mass is 431 g/mol. The number of nitrogens with one attached hydrogen (secondary N) is 2. The van der Waals surface area contributed by atoms with Crippen molar-refractivity contribution in [2.24, 2.45) is 0 Å². The highest BCUT2D eigenvalue weighted by Crippen LogP contribution is 2.21. The van der Waals surface area contributed by atoms with Crippen LogP contribution in [0.15, 0.2) is 23.6 Å². The molecule has 2 N–H and O–H groups in total. The lowest BCUT2D eigenvalue weighted by molar-refractivity contribution is -0.125. The van der Waals surface area contributed by atoms with Crippen molar-refractivity contribution in [1.29, 1.82) is 0 Å². The lowest BCUT2D eigenvalue weighted by Crippen LogP contribution is -2.53. The van der Waals surface area contributed by atoms with Crippen LogP contribution in [0.4, 0.5) is 0 Å². The first-order chi connectivity index (χ1) is 14.4. The minimum absolute atomic E-state index is 0.0209. The first kappa shape index (κ1) is 22.2. The molecule has 1 saturated carbocycles. The number of hydrogen-bond donors (Lipinski definition) is 2. The molecule has 3 rings (SSSR count). The molecule has 1 aromatic heterocycles. The number of carbonyl (C=O) groups excluding carboxylic acids is 2. The molecule has 0 unspecified atom stereocenters. The minimum atomic E-state index is -0.221. The third-order valence-electron chi connectivity index (χ3n) is 5.05. The Labute approximate surface area is 181 Å². The fourth-order valence-corrected chi connectivity index (χ4v) is 4.43. The molecule has 1 fully saturated rings. The van der Waals surface area contributed by atoms with Gasteiger partial charge in [-0.3, -0.25) is 9.59 Å². The Morgan fingerprint density at radius 2 is 1.77 bits per heavy atom. The summed E-state index contributed by atoms with van der Waals surface area (Å²) in [5.41, 5.74) is 2.67. The normalized spacial score (nSPS) is 18.6. The van der Waals surface area contributed by atoms with Gasteiger partial charge in [0, 0.05) is 24.6 Å². The predicted molar refractivity (Wildman–Crippen MR) is 116 cm³/mol. The van der Waals surface area contributed by atoms with Crippen LogP contribution < -0.4 is 15.4 Å². The second kappa shape index (κ2) is 10.5. The fourth-order valence-electron chi connectivity index (χ4n) is 3.74. The highest BCUT2D eigenvalue weighted by molar-refractivity contribution is 7.09. The average molecular weight is 432 g/mol. The van der Waals surface area contributed by atoms with E-state index in [-0.39, 0.29) is 30.5 Å². The quantitative estimate of drug-likeness (QED) is 0.670. The molecule has 1 heterocycles. The van der Waals surface area contributed by atoms with E-state index in [1.807, 2.05) is 26.0 Å². The summed E-state index contributed by atoms with van der Waals surface area (Å²) < 4.78 is 10.7. The Morgan fingerprint density at radius 3 is 2.43 bits per heavy atom. The van der Waals surface area contributed by atoms with Gasteiger partial charge in [-0.15, -0.1) is 11.3 Å². The second-order valence-corrected chi connectivity index (χ2v) is 8.65. The maximum Gasteiger partial charge on any atom is 0.271 e. The Kier molecular flexibility index (Phi) is 7.81. The molecule has 1 aromatic carbocycles. The Morgan fingerprint density at radius 1 is 1.10 bits per heavy atom. The summed E-state index contributed by atoms with van der Waals surface area (Å²) in [5.74, 6) is 0.412. The molecule has 162 valence electrons. The number of amides is 2. The fraction of sp³-hybridized carbons (Fsp3) is 0.500. The SMILES string of the molecule is COCC(=O)N[C@H]1CCCC[C@H]1NC(=O)c1csc(COc2cc(C)cc(C)c2)n1. The van der Waals surface area contributed by atoms with E-state index in [9.17, 15) is 9.59 Å². The molecule has 2 aromatic rings. The van der Waals surface area contributed by atoms with Gasteiger partial charge in [0.2, 0.25) is 5.91 Å². The van der Waals surface area contributed by atoms with E-state index < -0.39 is 0 Å². The molecule has 0 bridgehead atoms. The maximum atomic E-state index is 12.7. The number of hydrogen-bond acceptors (Lipinski definition) is 6. The van der Waals surface area contributed by atoms with Crippen molar-refractivity contribution in [3.63, 3.8) is 0 Å². The molecular weight excluding hydrogens is 402 g/mol. The second-order valence-electron chi connectivity index (χ2n) is 7.71. The van der Waals surface area contributed by atoms with Crippen LogP contribution in [0.3, 0.4) is 0 Å². The number of methoxy groups -OCH3 is 1. The first-order valence-electron chi connectivity index (χ1n) is 10.2. The topological polar surface area (TPSA) is 89.6 Å². The van der Waals surface area contributed by atoms with Gasteiger partial charge >= 0.3 is 0 Å². The van der Waals surface area contributed by atoms with Gasteiger partial charge in [0.1, 0.15) is 29.7 Å². The summed E-state index contributed by atoms with van der Waals surface area (Å²) >= 11 is 1.40. The molecular formula is C22H29N3O4S. The molecule has 0 spiro atoms. The van der Waals surface area contributed by atoms with Crippen molar-refractivity contribution in [2.45, 2.75) is 58.2 Å². The van der Waals surface area contributed by atoms with E-state index in [4.69, 9.17) is 9.47 Å². The molecule has 7 nitrogen and oxygen atoms in total. The Balaban J connectivity index is 1.56. The number of carbonyl (C=O) groups is 2. The molecule has 0 saturated heterocycles. The van der Waals surface area contributed by atoms with E-state index in [0.717, 1.165) is 47.6 Å². The summed E-state index contributed by atoms with van der Waals surface area (Å²) in [4.78, 5) is 29.0. The molecule has 1 aliphatic rings. The number of nitrogens with zero attached hydrogens (tertiary/aromatic N) is 1. The lowest BCUT2D eigenvalue weighted by atomic mass is 9.90. The van der Waals surface area contributed by atoms with Gasteiger partial charge in [0.15, 0.2) is 0 Å². The van der Waals surface area contributed by atoms with Gasteiger partial charge in [-0.1, -0.05) is 18.9 Å². The molecule has 1 aliphatic carbocycles. The third kappa shape index (κ3) is 6.27. The molecule has 2 atom stereocenters. The van der Waals surface area contributed by atoms with Crippen LogP contribution >= 0.6 is 11.3 Å². The van der Waals surface area contributed by atoms with Gasteiger partial charge in [0.25, 0.3) is 5.91 Å². The summed E-state index contributed by atoms with van der Waals surface area (Å²) in [6, 6.07) is 5.86. The number of thiazole rings is 1. The standard InChI is InChI=1S/C22H29N3O4S/c1-14-8-15(2)10-16(9-14)29-12-21-24-19(13-30-21)22(27)25-18-7-5-4-6-17(18)23-20(26)11-28-3/h8-10,13,17-18H,4-7,11-12H2,1-3H3,(H,23,26)(H,25,27)/t17-,18+/m0/s1. The van der Waals surface area contributed by atoms with Crippen molar-refractivity contribution in [1.82, 2.24) is 15.6 Å². The zero-order valence-electron chi connectivity index (χ0n) is 17.7. The third-order valence-corrected chi connectivity index (χ3v) is 5.87. The van der Waals surface area contributed by atoms with Crippen LogP contribution in [0, 0.1) is 13.8 Å². The zero-order chi connectivity index (χ0) is 21.5. The summed E-state index contributed by atoms with van der Waals surface area (Å²) in [6.07, 6.45) is 3.72. The molecule has 2 amide bonds. The number of rotatable bonds is 8. The van der Waals surface area contributed by atoms with Gasteiger partial charge in [0.05, 0.1) is 0 Å². The van der Waals surface area contributed by atoms with Crippen molar-refractivity contribution < 1.29 is 19.1 Å². The average Bonchev–Trinajstić information content (AvgIpc) is 3.17. The van der Waals surface area contributed by atoms with E-state index in [1.54, 1.807) is 5.38 Å².